The van der Waals surface area contributed by atoms with Gasteiger partial charge in [-0.25, -0.2) is 0 Å². The third-order valence-corrected chi connectivity index (χ3v) is 4.44. The van der Waals surface area contributed by atoms with E-state index in [1.807, 2.05) is 0 Å². The molecule has 2 rings (SSSR count). The van der Waals surface area contributed by atoms with Crippen LogP contribution in [0.1, 0.15) is 39.0 Å². The lowest BCUT2D eigenvalue weighted by Gasteiger charge is -2.36. The van der Waals surface area contributed by atoms with E-state index in [1.54, 1.807) is 7.11 Å². The molecule has 0 aromatic carbocycles. The van der Waals surface area contributed by atoms with Crippen LogP contribution in [0, 0.1) is 5.92 Å². The van der Waals surface area contributed by atoms with Gasteiger partial charge in [0, 0.05) is 19.2 Å². The highest BCUT2D eigenvalue weighted by Crippen LogP contribution is 2.26. The largest absolute Gasteiger partial charge is 0.383 e. The van der Waals surface area contributed by atoms with E-state index in [4.69, 9.17) is 4.74 Å². The molecule has 0 aromatic heterocycles. The van der Waals surface area contributed by atoms with Crippen LogP contribution in [0.2, 0.25) is 0 Å². The van der Waals surface area contributed by atoms with Crippen LogP contribution >= 0.6 is 0 Å². The van der Waals surface area contributed by atoms with E-state index in [2.05, 4.69) is 17.1 Å². The van der Waals surface area contributed by atoms with Crippen LogP contribution in [0.25, 0.3) is 0 Å². The fourth-order valence-electron chi connectivity index (χ4n) is 3.54. The van der Waals surface area contributed by atoms with Gasteiger partial charge in [-0.1, -0.05) is 13.3 Å². The Kier molecular flexibility index (Phi) is 5.26. The summed E-state index contributed by atoms with van der Waals surface area (Å²) in [6.07, 6.45) is 6.95. The molecule has 2 aliphatic heterocycles. The molecule has 3 unspecified atom stereocenters. The molecule has 0 spiro atoms. The molecule has 2 fully saturated rings. The monoisotopic (exact) mass is 240 g/mol. The normalized spacial score (nSPS) is 35.3. The predicted octanol–water partition coefficient (Wildman–Crippen LogP) is 1.88. The molecule has 0 radical (unpaired) electrons. The van der Waals surface area contributed by atoms with Crippen LogP contribution in [0.3, 0.4) is 0 Å². The number of nitrogens with one attached hydrogen (secondary N) is 1. The summed E-state index contributed by atoms with van der Waals surface area (Å²) in [5.74, 6) is 0.868. The van der Waals surface area contributed by atoms with Crippen LogP contribution in [0.5, 0.6) is 0 Å². The Morgan fingerprint density at radius 1 is 1.35 bits per heavy atom. The lowest BCUT2D eigenvalue weighted by Crippen LogP contribution is -2.40. The van der Waals surface area contributed by atoms with E-state index in [9.17, 15) is 0 Å². The third-order valence-electron chi connectivity index (χ3n) is 4.44. The van der Waals surface area contributed by atoms with Gasteiger partial charge in [0.15, 0.2) is 0 Å². The van der Waals surface area contributed by atoms with E-state index in [0.29, 0.717) is 6.04 Å². The number of nitrogens with zero attached hydrogens (tertiary/aromatic N) is 1. The van der Waals surface area contributed by atoms with Gasteiger partial charge in [-0.15, -0.1) is 0 Å². The van der Waals surface area contributed by atoms with Gasteiger partial charge in [-0.2, -0.15) is 0 Å². The number of methoxy groups -OCH3 is 1. The molecule has 3 atom stereocenters. The highest BCUT2D eigenvalue weighted by atomic mass is 16.5. The van der Waals surface area contributed by atoms with Gasteiger partial charge < -0.3 is 15.0 Å². The first kappa shape index (κ1) is 13.3. The van der Waals surface area contributed by atoms with Crippen molar-refractivity contribution in [2.45, 2.75) is 51.1 Å². The maximum atomic E-state index is 5.23. The molecule has 3 heteroatoms. The van der Waals surface area contributed by atoms with Crippen molar-refractivity contribution in [2.24, 2.45) is 5.92 Å². The van der Waals surface area contributed by atoms with Crippen molar-refractivity contribution in [2.75, 3.05) is 33.4 Å². The summed E-state index contributed by atoms with van der Waals surface area (Å²) in [7, 11) is 1.80. The Balaban J connectivity index is 1.76. The summed E-state index contributed by atoms with van der Waals surface area (Å²) in [6.45, 7) is 6.93. The molecule has 0 amide bonds. The third kappa shape index (κ3) is 3.67. The van der Waals surface area contributed by atoms with Crippen LogP contribution in [0.15, 0.2) is 0 Å². The lowest BCUT2D eigenvalue weighted by molar-refractivity contribution is 0.132. The number of likely N-dealkylation sites (tertiary alicyclic amines) is 1. The average molecular weight is 240 g/mol. The summed E-state index contributed by atoms with van der Waals surface area (Å²) >= 11 is 0. The maximum Gasteiger partial charge on any atom is 0.0615 e. The van der Waals surface area contributed by atoms with Crippen molar-refractivity contribution < 1.29 is 4.74 Å². The van der Waals surface area contributed by atoms with Crippen molar-refractivity contribution in [3.05, 3.63) is 0 Å². The van der Waals surface area contributed by atoms with Gasteiger partial charge in [0.25, 0.3) is 0 Å². The molecule has 2 saturated heterocycles. The molecule has 0 saturated carbocycles. The molecule has 0 aliphatic carbocycles. The molecular formula is C14H28N2O. The topological polar surface area (TPSA) is 24.5 Å². The number of hydrogen-bond donors (Lipinski definition) is 1. The minimum Gasteiger partial charge on any atom is -0.383 e. The predicted molar refractivity (Wildman–Crippen MR) is 71.3 cm³/mol. The smallest absolute Gasteiger partial charge is 0.0615 e. The van der Waals surface area contributed by atoms with Crippen molar-refractivity contribution in [1.29, 1.82) is 0 Å². The zero-order valence-corrected chi connectivity index (χ0v) is 11.5. The second-order valence-electron chi connectivity index (χ2n) is 5.68. The standard InChI is InChI=1S/C14H28N2O/c1-3-16-7-5-4-6-14(16)9-12-8-13(11-17-2)15-10-12/h12-15H,3-11H2,1-2H3. The van der Waals surface area contributed by atoms with E-state index >= 15 is 0 Å². The second kappa shape index (κ2) is 6.72. The van der Waals surface area contributed by atoms with E-state index < -0.39 is 0 Å². The Hall–Kier alpha value is -0.120. The van der Waals surface area contributed by atoms with Crippen LogP contribution in [-0.4, -0.2) is 50.3 Å². The summed E-state index contributed by atoms with van der Waals surface area (Å²) in [6, 6.07) is 1.45. The zero-order valence-electron chi connectivity index (χ0n) is 11.5. The number of ether oxygens (including phenoxy) is 1. The Labute approximate surface area is 106 Å². The highest BCUT2D eigenvalue weighted by Gasteiger charge is 2.29. The van der Waals surface area contributed by atoms with Gasteiger partial charge in [0.1, 0.15) is 0 Å². The fraction of sp³-hybridized carbons (Fsp3) is 1.00. The first-order valence-electron chi connectivity index (χ1n) is 7.29. The molecule has 2 aliphatic rings. The SMILES string of the molecule is CCN1CCCCC1CC1CNC(COC)C1. The van der Waals surface area contributed by atoms with Crippen molar-refractivity contribution in [1.82, 2.24) is 10.2 Å². The number of piperidine rings is 1. The Morgan fingerprint density at radius 2 is 2.24 bits per heavy atom. The first-order chi connectivity index (χ1) is 8.33. The fourth-order valence-corrected chi connectivity index (χ4v) is 3.54. The highest BCUT2D eigenvalue weighted by molar-refractivity contribution is 4.86. The van der Waals surface area contributed by atoms with Crippen molar-refractivity contribution in [3.8, 4) is 0 Å². The van der Waals surface area contributed by atoms with Crippen molar-refractivity contribution in [3.63, 3.8) is 0 Å². The molecule has 2 heterocycles. The van der Waals surface area contributed by atoms with Gasteiger partial charge in [0.2, 0.25) is 0 Å². The minimum atomic E-state index is 0.601. The molecule has 0 aromatic rings. The van der Waals surface area contributed by atoms with Gasteiger partial charge >= 0.3 is 0 Å². The lowest BCUT2D eigenvalue weighted by atomic mass is 9.91. The second-order valence-corrected chi connectivity index (χ2v) is 5.68. The average Bonchev–Trinajstić information content (AvgIpc) is 2.78. The molecule has 0 bridgehead atoms. The van der Waals surface area contributed by atoms with E-state index in [-0.39, 0.29) is 0 Å². The maximum absolute atomic E-state index is 5.23. The minimum absolute atomic E-state index is 0.601. The molecule has 1 N–H and O–H groups in total. The summed E-state index contributed by atoms with van der Waals surface area (Å²) in [5.41, 5.74) is 0. The summed E-state index contributed by atoms with van der Waals surface area (Å²) in [4.78, 5) is 2.69. The van der Waals surface area contributed by atoms with Gasteiger partial charge in [-0.3, -0.25) is 0 Å². The quantitative estimate of drug-likeness (QED) is 0.794. The summed E-state index contributed by atoms with van der Waals surface area (Å²) in [5, 5.41) is 3.59. The molecular weight excluding hydrogens is 212 g/mol. The summed E-state index contributed by atoms with van der Waals surface area (Å²) < 4.78 is 5.23. The van der Waals surface area contributed by atoms with Crippen LogP contribution in [-0.2, 0) is 4.74 Å². The van der Waals surface area contributed by atoms with Crippen LogP contribution in [0.4, 0.5) is 0 Å². The molecule has 100 valence electrons. The van der Waals surface area contributed by atoms with Gasteiger partial charge in [0.05, 0.1) is 6.61 Å². The van der Waals surface area contributed by atoms with Gasteiger partial charge in [-0.05, 0) is 51.2 Å². The number of hydrogen-bond acceptors (Lipinski definition) is 3. The molecule has 17 heavy (non-hydrogen) atoms. The van der Waals surface area contributed by atoms with Crippen LogP contribution < -0.4 is 5.32 Å². The van der Waals surface area contributed by atoms with E-state index in [0.717, 1.165) is 18.6 Å². The first-order valence-corrected chi connectivity index (χ1v) is 7.29. The molecule has 3 nitrogen and oxygen atoms in total. The van der Waals surface area contributed by atoms with Crippen molar-refractivity contribution >= 4 is 0 Å². The Morgan fingerprint density at radius 3 is 3.00 bits per heavy atom. The van der Waals surface area contributed by atoms with E-state index in [1.165, 1.54) is 51.7 Å². The zero-order chi connectivity index (χ0) is 12.1. The number of rotatable bonds is 5. The Bertz CT molecular complexity index is 222.